The van der Waals surface area contributed by atoms with E-state index < -0.39 is 0 Å². The van der Waals surface area contributed by atoms with E-state index in [1.165, 1.54) is 0 Å². The molecule has 18 heavy (non-hydrogen) atoms. The van der Waals surface area contributed by atoms with Crippen molar-refractivity contribution in [1.82, 2.24) is 0 Å². The summed E-state index contributed by atoms with van der Waals surface area (Å²) in [6.07, 6.45) is 0. The summed E-state index contributed by atoms with van der Waals surface area (Å²) >= 11 is 0. The van der Waals surface area contributed by atoms with Crippen LogP contribution in [0.1, 0.15) is 11.3 Å². The maximum Gasteiger partial charge on any atom is 0.137 e. The van der Waals surface area contributed by atoms with Crippen LogP contribution in [0.15, 0.2) is 59.0 Å². The highest BCUT2D eigenvalue weighted by molar-refractivity contribution is 5.84. The molecule has 0 aliphatic heterocycles. The van der Waals surface area contributed by atoms with Gasteiger partial charge in [-0.2, -0.15) is 0 Å². The van der Waals surface area contributed by atoms with Crippen LogP contribution >= 0.6 is 0 Å². The van der Waals surface area contributed by atoms with Gasteiger partial charge in [0.05, 0.1) is 5.39 Å². The van der Waals surface area contributed by atoms with Crippen molar-refractivity contribution in [2.45, 2.75) is 13.5 Å². The number of rotatable bonds is 3. The van der Waals surface area contributed by atoms with E-state index in [2.05, 4.69) is 12.1 Å². The van der Waals surface area contributed by atoms with E-state index in [0.717, 1.165) is 28.0 Å². The van der Waals surface area contributed by atoms with Crippen molar-refractivity contribution in [2.75, 3.05) is 0 Å². The molecule has 0 aliphatic rings. The molecule has 0 amide bonds. The van der Waals surface area contributed by atoms with E-state index in [9.17, 15) is 0 Å². The lowest BCUT2D eigenvalue weighted by molar-refractivity contribution is 0.310. The number of hydrogen-bond donors (Lipinski definition) is 0. The first-order chi connectivity index (χ1) is 8.83. The van der Waals surface area contributed by atoms with Crippen LogP contribution in [0.3, 0.4) is 0 Å². The molecular weight excluding hydrogens is 224 g/mol. The Morgan fingerprint density at radius 1 is 1.00 bits per heavy atom. The van der Waals surface area contributed by atoms with Gasteiger partial charge in [0.2, 0.25) is 0 Å². The first kappa shape index (κ1) is 10.9. The summed E-state index contributed by atoms with van der Waals surface area (Å²) < 4.78 is 11.4. The molecule has 2 nitrogen and oxygen atoms in total. The molecule has 0 N–H and O–H groups in total. The van der Waals surface area contributed by atoms with Gasteiger partial charge in [0.1, 0.15) is 23.7 Å². The Kier molecular flexibility index (Phi) is 2.77. The van der Waals surface area contributed by atoms with Gasteiger partial charge in [-0.25, -0.2) is 0 Å². The second-order valence-corrected chi connectivity index (χ2v) is 4.30. The zero-order valence-electron chi connectivity index (χ0n) is 10.2. The highest BCUT2D eigenvalue weighted by atomic mass is 16.5. The number of aryl methyl sites for hydroxylation is 1. The molecular formula is C16H14O2. The molecule has 3 aromatic rings. The zero-order valence-corrected chi connectivity index (χ0v) is 10.2. The average molecular weight is 238 g/mol. The van der Waals surface area contributed by atoms with Crippen LogP contribution in [-0.2, 0) is 6.61 Å². The van der Waals surface area contributed by atoms with Gasteiger partial charge in [-0.15, -0.1) is 0 Å². The highest BCUT2D eigenvalue weighted by Crippen LogP contribution is 2.28. The zero-order chi connectivity index (χ0) is 12.4. The predicted molar refractivity (Wildman–Crippen MR) is 71.7 cm³/mol. The van der Waals surface area contributed by atoms with Crippen LogP contribution in [0.5, 0.6) is 5.75 Å². The number of ether oxygens (including phenoxy) is 1. The smallest absolute Gasteiger partial charge is 0.137 e. The van der Waals surface area contributed by atoms with E-state index >= 15 is 0 Å². The minimum atomic E-state index is 0.574. The van der Waals surface area contributed by atoms with Gasteiger partial charge in [0, 0.05) is 0 Å². The third-order valence-corrected chi connectivity index (χ3v) is 2.88. The lowest BCUT2D eigenvalue weighted by atomic mass is 10.2. The van der Waals surface area contributed by atoms with Crippen molar-refractivity contribution in [3.8, 4) is 5.75 Å². The van der Waals surface area contributed by atoms with Gasteiger partial charge in [-0.1, -0.05) is 36.4 Å². The molecule has 0 radical (unpaired) electrons. The summed E-state index contributed by atoms with van der Waals surface area (Å²) in [5, 5.41) is 1.03. The summed E-state index contributed by atoms with van der Waals surface area (Å²) in [5.41, 5.74) is 2.03. The van der Waals surface area contributed by atoms with Crippen LogP contribution in [0, 0.1) is 6.92 Å². The molecule has 0 atom stereocenters. The Hall–Kier alpha value is -2.22. The van der Waals surface area contributed by atoms with Gasteiger partial charge in [-0.05, 0) is 30.7 Å². The van der Waals surface area contributed by atoms with E-state index in [0.29, 0.717) is 6.61 Å². The molecule has 0 aliphatic carbocycles. The molecule has 1 aromatic heterocycles. The quantitative estimate of drug-likeness (QED) is 0.678. The number of benzene rings is 2. The first-order valence-electron chi connectivity index (χ1n) is 5.99. The first-order valence-corrected chi connectivity index (χ1v) is 5.99. The molecule has 0 fully saturated rings. The minimum absolute atomic E-state index is 0.574. The normalized spacial score (nSPS) is 10.7. The highest BCUT2D eigenvalue weighted by Gasteiger charge is 2.06. The SMILES string of the molecule is Cc1cc2c(OCc3ccccc3)cccc2o1. The van der Waals surface area contributed by atoms with E-state index in [1.54, 1.807) is 0 Å². The summed E-state index contributed by atoms with van der Waals surface area (Å²) in [4.78, 5) is 0. The second-order valence-electron chi connectivity index (χ2n) is 4.30. The predicted octanol–water partition coefficient (Wildman–Crippen LogP) is 4.32. The maximum absolute atomic E-state index is 5.86. The van der Waals surface area contributed by atoms with Gasteiger partial charge in [0.15, 0.2) is 0 Å². The summed E-state index contributed by atoms with van der Waals surface area (Å²) in [5.74, 6) is 1.77. The van der Waals surface area contributed by atoms with Gasteiger partial charge in [0.25, 0.3) is 0 Å². The van der Waals surface area contributed by atoms with Crippen molar-refractivity contribution in [3.63, 3.8) is 0 Å². The Morgan fingerprint density at radius 2 is 1.83 bits per heavy atom. The van der Waals surface area contributed by atoms with Crippen LogP contribution in [-0.4, -0.2) is 0 Å². The second kappa shape index (κ2) is 4.57. The van der Waals surface area contributed by atoms with Crippen LogP contribution in [0.2, 0.25) is 0 Å². The van der Waals surface area contributed by atoms with E-state index in [4.69, 9.17) is 9.15 Å². The Morgan fingerprint density at radius 3 is 2.67 bits per heavy atom. The molecule has 90 valence electrons. The molecule has 2 aromatic carbocycles. The van der Waals surface area contributed by atoms with Crippen LogP contribution in [0.25, 0.3) is 11.0 Å². The largest absolute Gasteiger partial charge is 0.488 e. The number of furan rings is 1. The van der Waals surface area contributed by atoms with Crippen molar-refractivity contribution in [1.29, 1.82) is 0 Å². The third kappa shape index (κ3) is 2.09. The van der Waals surface area contributed by atoms with Crippen molar-refractivity contribution in [3.05, 3.63) is 65.9 Å². The molecule has 0 saturated carbocycles. The Labute approximate surface area is 106 Å². The lowest BCUT2D eigenvalue weighted by Gasteiger charge is -2.06. The monoisotopic (exact) mass is 238 g/mol. The van der Waals surface area contributed by atoms with E-state index in [1.807, 2.05) is 49.4 Å². The fourth-order valence-corrected chi connectivity index (χ4v) is 2.02. The molecule has 3 rings (SSSR count). The van der Waals surface area contributed by atoms with Gasteiger partial charge >= 0.3 is 0 Å². The molecule has 2 heteroatoms. The summed E-state index contributed by atoms with van der Waals surface area (Å²) in [7, 11) is 0. The fourth-order valence-electron chi connectivity index (χ4n) is 2.02. The van der Waals surface area contributed by atoms with Gasteiger partial charge < -0.3 is 9.15 Å². The summed E-state index contributed by atoms with van der Waals surface area (Å²) in [6.45, 7) is 2.52. The molecule has 0 unspecified atom stereocenters. The minimum Gasteiger partial charge on any atom is -0.488 e. The lowest BCUT2D eigenvalue weighted by Crippen LogP contribution is -1.94. The molecule has 1 heterocycles. The van der Waals surface area contributed by atoms with E-state index in [-0.39, 0.29) is 0 Å². The van der Waals surface area contributed by atoms with Crippen molar-refractivity contribution in [2.24, 2.45) is 0 Å². The maximum atomic E-state index is 5.86. The van der Waals surface area contributed by atoms with Crippen LogP contribution in [0.4, 0.5) is 0 Å². The molecule has 0 spiro atoms. The average Bonchev–Trinajstić information content (AvgIpc) is 2.78. The summed E-state index contributed by atoms with van der Waals surface area (Å²) in [6, 6.07) is 18.0. The number of fused-ring (bicyclic) bond motifs is 1. The molecule has 0 bridgehead atoms. The third-order valence-electron chi connectivity index (χ3n) is 2.88. The Bertz CT molecular complexity index is 653. The van der Waals surface area contributed by atoms with Gasteiger partial charge in [-0.3, -0.25) is 0 Å². The van der Waals surface area contributed by atoms with Crippen LogP contribution < -0.4 is 4.74 Å². The van der Waals surface area contributed by atoms with Crippen molar-refractivity contribution >= 4 is 11.0 Å². The number of hydrogen-bond acceptors (Lipinski definition) is 2. The standard InChI is InChI=1S/C16H14O2/c1-12-10-14-15(8-5-9-16(14)18-12)17-11-13-6-3-2-4-7-13/h2-10H,11H2,1H3. The van der Waals surface area contributed by atoms with Crippen molar-refractivity contribution < 1.29 is 9.15 Å². The molecule has 0 saturated heterocycles. The fraction of sp³-hybridized carbons (Fsp3) is 0.125. The topological polar surface area (TPSA) is 22.4 Å². The Balaban J connectivity index is 1.86.